The second kappa shape index (κ2) is 3.79. The van der Waals surface area contributed by atoms with Gasteiger partial charge in [0.2, 0.25) is 10.0 Å². The number of anilines is 1. The molecule has 2 heterocycles. The Kier molecular flexibility index (Phi) is 2.62. The fourth-order valence-electron chi connectivity index (χ4n) is 1.64. The third-order valence-electron chi connectivity index (χ3n) is 2.40. The summed E-state index contributed by atoms with van der Waals surface area (Å²) in [5.74, 6) is 0.546. The third-order valence-corrected chi connectivity index (χ3v) is 3.88. The molecular formula is C9H13N3O2S. The molecular weight excluding hydrogens is 214 g/mol. The van der Waals surface area contributed by atoms with Crippen LogP contribution >= 0.6 is 0 Å². The molecule has 1 aromatic heterocycles. The third kappa shape index (κ3) is 1.82. The number of pyridine rings is 1. The van der Waals surface area contributed by atoms with Crippen LogP contribution in [0.1, 0.15) is 6.92 Å². The van der Waals surface area contributed by atoms with E-state index in [2.05, 4.69) is 9.71 Å². The molecule has 1 N–H and O–H groups in total. The van der Waals surface area contributed by atoms with Gasteiger partial charge in [0, 0.05) is 25.8 Å². The Bertz CT molecular complexity index is 458. The molecule has 0 bridgehead atoms. The largest absolute Gasteiger partial charge is 0.354 e. The Labute approximate surface area is 89.2 Å². The highest BCUT2D eigenvalue weighted by Gasteiger charge is 2.25. The van der Waals surface area contributed by atoms with E-state index in [0.717, 1.165) is 6.54 Å². The zero-order valence-electron chi connectivity index (χ0n) is 8.47. The summed E-state index contributed by atoms with van der Waals surface area (Å²) in [6.45, 7) is 3.81. The van der Waals surface area contributed by atoms with Gasteiger partial charge in [-0.15, -0.1) is 0 Å². The van der Waals surface area contributed by atoms with Crippen molar-refractivity contribution in [1.82, 2.24) is 9.71 Å². The van der Waals surface area contributed by atoms with Crippen LogP contribution in [0.25, 0.3) is 0 Å². The summed E-state index contributed by atoms with van der Waals surface area (Å²) < 4.78 is 26.1. The molecule has 0 atom stereocenters. The lowest BCUT2D eigenvalue weighted by molar-refractivity contribution is 0.584. The van der Waals surface area contributed by atoms with Gasteiger partial charge in [0.25, 0.3) is 0 Å². The summed E-state index contributed by atoms with van der Waals surface area (Å²) in [4.78, 5) is 6.35. The minimum Gasteiger partial charge on any atom is -0.354 e. The van der Waals surface area contributed by atoms with Crippen molar-refractivity contribution in [3.8, 4) is 0 Å². The molecule has 1 aliphatic rings. The number of nitrogens with one attached hydrogen (secondary N) is 1. The van der Waals surface area contributed by atoms with Gasteiger partial charge in [-0.2, -0.15) is 0 Å². The lowest BCUT2D eigenvalue weighted by atomic mass is 10.4. The highest BCUT2D eigenvalue weighted by molar-refractivity contribution is 7.89. The Morgan fingerprint density at radius 2 is 2.40 bits per heavy atom. The van der Waals surface area contributed by atoms with Crippen LogP contribution in [-0.4, -0.2) is 33.0 Å². The molecule has 1 aliphatic heterocycles. The van der Waals surface area contributed by atoms with Crippen molar-refractivity contribution in [2.75, 3.05) is 24.5 Å². The minimum absolute atomic E-state index is 0.268. The molecule has 0 fully saturated rings. The monoisotopic (exact) mass is 227 g/mol. The second-order valence-corrected chi connectivity index (χ2v) is 5.04. The van der Waals surface area contributed by atoms with Gasteiger partial charge in [0.15, 0.2) is 0 Å². The number of rotatable bonds is 1. The van der Waals surface area contributed by atoms with Crippen LogP contribution < -0.4 is 9.62 Å². The Hall–Kier alpha value is -1.14. The zero-order valence-corrected chi connectivity index (χ0v) is 9.29. The van der Waals surface area contributed by atoms with Crippen LogP contribution in [0.5, 0.6) is 0 Å². The number of nitrogens with zero attached hydrogens (tertiary/aromatic N) is 2. The molecule has 0 aliphatic carbocycles. The average molecular weight is 227 g/mol. The van der Waals surface area contributed by atoms with Crippen molar-refractivity contribution in [2.45, 2.75) is 11.8 Å². The average Bonchev–Trinajstić information content (AvgIpc) is 2.36. The number of hydrogen-bond acceptors (Lipinski definition) is 4. The first-order chi connectivity index (χ1) is 7.15. The Morgan fingerprint density at radius 3 is 3.13 bits per heavy atom. The number of sulfonamides is 1. The van der Waals surface area contributed by atoms with Crippen molar-refractivity contribution < 1.29 is 8.42 Å². The predicted molar refractivity (Wildman–Crippen MR) is 57.3 cm³/mol. The fraction of sp³-hybridized carbons (Fsp3) is 0.444. The van der Waals surface area contributed by atoms with Crippen LogP contribution in [0.15, 0.2) is 23.2 Å². The van der Waals surface area contributed by atoms with E-state index in [9.17, 15) is 8.42 Å². The van der Waals surface area contributed by atoms with E-state index >= 15 is 0 Å². The Morgan fingerprint density at radius 1 is 1.60 bits per heavy atom. The lowest BCUT2D eigenvalue weighted by Crippen LogP contribution is -2.30. The van der Waals surface area contributed by atoms with E-state index in [0.29, 0.717) is 18.9 Å². The van der Waals surface area contributed by atoms with Crippen LogP contribution in [0, 0.1) is 0 Å². The molecule has 0 aromatic carbocycles. The van der Waals surface area contributed by atoms with Gasteiger partial charge in [-0.1, -0.05) is 0 Å². The van der Waals surface area contributed by atoms with Crippen LogP contribution in [0.2, 0.25) is 0 Å². The molecule has 0 unspecified atom stereocenters. The molecule has 82 valence electrons. The number of likely N-dealkylation sites (N-methyl/N-ethyl adjacent to an activating group) is 1. The molecule has 5 nitrogen and oxygen atoms in total. The highest BCUT2D eigenvalue weighted by Crippen LogP contribution is 2.23. The SMILES string of the molecule is CCN1CCNS(=O)(=O)c2cccnc21. The van der Waals surface area contributed by atoms with Gasteiger partial charge in [0.05, 0.1) is 0 Å². The van der Waals surface area contributed by atoms with Gasteiger partial charge in [-0.3, -0.25) is 0 Å². The summed E-state index contributed by atoms with van der Waals surface area (Å²) in [5, 5.41) is 0. The lowest BCUT2D eigenvalue weighted by Gasteiger charge is -2.19. The van der Waals surface area contributed by atoms with E-state index < -0.39 is 10.0 Å². The number of fused-ring (bicyclic) bond motifs is 1. The minimum atomic E-state index is -3.38. The summed E-state index contributed by atoms with van der Waals surface area (Å²) in [6.07, 6.45) is 1.61. The maximum Gasteiger partial charge on any atom is 0.244 e. The normalized spacial score (nSPS) is 19.4. The van der Waals surface area contributed by atoms with Gasteiger partial charge < -0.3 is 4.90 Å². The van der Waals surface area contributed by atoms with E-state index in [1.165, 1.54) is 0 Å². The van der Waals surface area contributed by atoms with E-state index in [4.69, 9.17) is 0 Å². The van der Waals surface area contributed by atoms with Crippen molar-refractivity contribution in [2.24, 2.45) is 0 Å². The molecule has 1 aromatic rings. The molecule has 15 heavy (non-hydrogen) atoms. The molecule has 0 radical (unpaired) electrons. The predicted octanol–water partition coefficient (Wildman–Crippen LogP) is 0.200. The van der Waals surface area contributed by atoms with Gasteiger partial charge in [-0.05, 0) is 19.1 Å². The first kappa shape index (κ1) is 10.4. The topological polar surface area (TPSA) is 62.3 Å². The van der Waals surface area contributed by atoms with E-state index in [1.54, 1.807) is 18.3 Å². The molecule has 0 saturated heterocycles. The smallest absolute Gasteiger partial charge is 0.244 e. The summed E-state index contributed by atoms with van der Waals surface area (Å²) in [6, 6.07) is 3.22. The number of aromatic nitrogens is 1. The molecule has 0 amide bonds. The van der Waals surface area contributed by atoms with Crippen molar-refractivity contribution in [3.63, 3.8) is 0 Å². The highest BCUT2D eigenvalue weighted by atomic mass is 32.2. The van der Waals surface area contributed by atoms with Crippen molar-refractivity contribution in [1.29, 1.82) is 0 Å². The van der Waals surface area contributed by atoms with Crippen molar-refractivity contribution in [3.05, 3.63) is 18.3 Å². The van der Waals surface area contributed by atoms with Gasteiger partial charge >= 0.3 is 0 Å². The maximum absolute atomic E-state index is 11.8. The molecule has 0 spiro atoms. The number of hydrogen-bond donors (Lipinski definition) is 1. The molecule has 6 heteroatoms. The summed E-state index contributed by atoms with van der Waals surface area (Å²) in [5.41, 5.74) is 0. The first-order valence-electron chi connectivity index (χ1n) is 4.85. The summed E-state index contributed by atoms with van der Waals surface area (Å²) in [7, 11) is -3.38. The second-order valence-electron chi connectivity index (χ2n) is 3.30. The van der Waals surface area contributed by atoms with Crippen molar-refractivity contribution >= 4 is 15.8 Å². The van der Waals surface area contributed by atoms with Gasteiger partial charge in [0.1, 0.15) is 10.7 Å². The maximum atomic E-state index is 11.8. The van der Waals surface area contributed by atoms with Crippen LogP contribution in [0.4, 0.5) is 5.82 Å². The zero-order chi connectivity index (χ0) is 10.9. The standard InChI is InChI=1S/C9H13N3O2S/c1-2-12-7-6-11-15(13,14)8-4-3-5-10-9(8)12/h3-5,11H,2,6-7H2,1H3. The molecule has 0 saturated carbocycles. The van der Waals surface area contributed by atoms with E-state index in [1.807, 2.05) is 11.8 Å². The summed E-state index contributed by atoms with van der Waals surface area (Å²) >= 11 is 0. The first-order valence-corrected chi connectivity index (χ1v) is 6.33. The van der Waals surface area contributed by atoms with Crippen LogP contribution in [0.3, 0.4) is 0 Å². The van der Waals surface area contributed by atoms with E-state index in [-0.39, 0.29) is 4.90 Å². The fourth-order valence-corrected chi connectivity index (χ4v) is 2.83. The Balaban J connectivity index is 2.60. The van der Waals surface area contributed by atoms with Crippen LogP contribution in [-0.2, 0) is 10.0 Å². The molecule has 2 rings (SSSR count). The van der Waals surface area contributed by atoms with Gasteiger partial charge in [-0.25, -0.2) is 18.1 Å². The quantitative estimate of drug-likeness (QED) is 0.744.